The van der Waals surface area contributed by atoms with Crippen LogP contribution >= 0.6 is 0 Å². The molecular weight excluding hydrogens is 221 g/mol. The van der Waals surface area contributed by atoms with E-state index < -0.39 is 11.8 Å². The Kier molecular flexibility index (Phi) is 3.74. The number of halogens is 1. The van der Waals surface area contributed by atoms with Gasteiger partial charge in [-0.15, -0.1) is 0 Å². The molecule has 1 unspecified atom stereocenters. The van der Waals surface area contributed by atoms with Gasteiger partial charge in [0.1, 0.15) is 5.82 Å². The SMILES string of the molecule is COC(=O)c1cc(C2CCCNC2)ccc1F. The van der Waals surface area contributed by atoms with Crippen LogP contribution in [0.4, 0.5) is 4.39 Å². The van der Waals surface area contributed by atoms with Gasteiger partial charge in [0.25, 0.3) is 0 Å². The van der Waals surface area contributed by atoms with Crippen LogP contribution in [0, 0.1) is 5.82 Å². The number of methoxy groups -OCH3 is 1. The van der Waals surface area contributed by atoms with Crippen LogP contribution in [0.15, 0.2) is 18.2 Å². The van der Waals surface area contributed by atoms with Crippen molar-refractivity contribution in [2.75, 3.05) is 20.2 Å². The van der Waals surface area contributed by atoms with Crippen molar-refractivity contribution in [3.63, 3.8) is 0 Å². The fourth-order valence-electron chi connectivity index (χ4n) is 2.20. The Bertz CT molecular complexity index is 414. The van der Waals surface area contributed by atoms with Crippen LogP contribution in [-0.4, -0.2) is 26.2 Å². The van der Waals surface area contributed by atoms with Crippen LogP contribution < -0.4 is 5.32 Å². The number of carbonyl (C=O) groups is 1. The van der Waals surface area contributed by atoms with Gasteiger partial charge in [-0.1, -0.05) is 6.07 Å². The number of hydrogen-bond donors (Lipinski definition) is 1. The fourth-order valence-corrected chi connectivity index (χ4v) is 2.20. The topological polar surface area (TPSA) is 38.3 Å². The van der Waals surface area contributed by atoms with E-state index >= 15 is 0 Å². The molecule has 1 N–H and O–H groups in total. The summed E-state index contributed by atoms with van der Waals surface area (Å²) in [4.78, 5) is 11.4. The average Bonchev–Trinajstić information content (AvgIpc) is 2.39. The molecule has 1 aliphatic rings. The van der Waals surface area contributed by atoms with Crippen molar-refractivity contribution in [1.29, 1.82) is 0 Å². The summed E-state index contributed by atoms with van der Waals surface area (Å²) in [6, 6.07) is 4.70. The van der Waals surface area contributed by atoms with Gasteiger partial charge in [0, 0.05) is 6.54 Å². The first-order chi connectivity index (χ1) is 8.22. The van der Waals surface area contributed by atoms with E-state index in [1.54, 1.807) is 12.1 Å². The fraction of sp³-hybridized carbons (Fsp3) is 0.462. The van der Waals surface area contributed by atoms with Crippen LogP contribution in [-0.2, 0) is 4.74 Å². The molecular formula is C13H16FNO2. The largest absolute Gasteiger partial charge is 0.465 e. The number of esters is 1. The summed E-state index contributed by atoms with van der Waals surface area (Å²) in [5.41, 5.74) is 1.02. The van der Waals surface area contributed by atoms with Crippen LogP contribution in [0.2, 0.25) is 0 Å². The molecule has 1 fully saturated rings. The molecule has 3 nitrogen and oxygen atoms in total. The van der Waals surface area contributed by atoms with Crippen molar-refractivity contribution >= 4 is 5.97 Å². The van der Waals surface area contributed by atoms with Gasteiger partial charge in [-0.05, 0) is 43.0 Å². The second-order valence-corrected chi connectivity index (χ2v) is 4.27. The number of benzene rings is 1. The highest BCUT2D eigenvalue weighted by Gasteiger charge is 2.19. The highest BCUT2D eigenvalue weighted by molar-refractivity contribution is 5.89. The van der Waals surface area contributed by atoms with Gasteiger partial charge in [0.2, 0.25) is 0 Å². The maximum Gasteiger partial charge on any atom is 0.340 e. The van der Waals surface area contributed by atoms with Crippen LogP contribution in [0.5, 0.6) is 0 Å². The molecule has 1 aromatic carbocycles. The van der Waals surface area contributed by atoms with E-state index in [9.17, 15) is 9.18 Å². The summed E-state index contributed by atoms with van der Waals surface area (Å²) < 4.78 is 18.0. The molecule has 17 heavy (non-hydrogen) atoms. The molecule has 0 amide bonds. The smallest absolute Gasteiger partial charge is 0.340 e. The van der Waals surface area contributed by atoms with E-state index in [2.05, 4.69) is 10.1 Å². The van der Waals surface area contributed by atoms with Crippen molar-refractivity contribution in [3.05, 3.63) is 35.1 Å². The summed E-state index contributed by atoms with van der Waals surface area (Å²) in [5, 5.41) is 3.30. The Morgan fingerprint density at radius 3 is 3.00 bits per heavy atom. The van der Waals surface area contributed by atoms with Crippen molar-refractivity contribution in [1.82, 2.24) is 5.32 Å². The molecule has 0 aromatic heterocycles. The number of carbonyl (C=O) groups excluding carboxylic acids is 1. The minimum Gasteiger partial charge on any atom is -0.465 e. The van der Waals surface area contributed by atoms with E-state index in [1.807, 2.05) is 0 Å². The van der Waals surface area contributed by atoms with E-state index in [4.69, 9.17) is 0 Å². The number of piperidine rings is 1. The van der Waals surface area contributed by atoms with Gasteiger partial charge in [0.05, 0.1) is 12.7 Å². The lowest BCUT2D eigenvalue weighted by Crippen LogP contribution is -2.28. The van der Waals surface area contributed by atoms with E-state index in [-0.39, 0.29) is 5.56 Å². The lowest BCUT2D eigenvalue weighted by atomic mass is 9.90. The average molecular weight is 237 g/mol. The molecule has 1 saturated heterocycles. The van der Waals surface area contributed by atoms with E-state index in [1.165, 1.54) is 13.2 Å². The van der Waals surface area contributed by atoms with Crippen molar-refractivity contribution < 1.29 is 13.9 Å². The Hall–Kier alpha value is -1.42. The number of ether oxygens (including phenoxy) is 1. The second kappa shape index (κ2) is 5.27. The molecule has 0 spiro atoms. The summed E-state index contributed by atoms with van der Waals surface area (Å²) in [7, 11) is 1.26. The van der Waals surface area contributed by atoms with Gasteiger partial charge in [-0.2, -0.15) is 0 Å². The van der Waals surface area contributed by atoms with E-state index in [0.717, 1.165) is 31.5 Å². The molecule has 1 atom stereocenters. The van der Waals surface area contributed by atoms with Crippen LogP contribution in [0.3, 0.4) is 0 Å². The second-order valence-electron chi connectivity index (χ2n) is 4.27. The Labute approximate surface area is 100.0 Å². The maximum absolute atomic E-state index is 13.5. The van der Waals surface area contributed by atoms with Crippen LogP contribution in [0.1, 0.15) is 34.7 Å². The number of rotatable bonds is 2. The number of nitrogens with one attached hydrogen (secondary N) is 1. The zero-order valence-corrected chi connectivity index (χ0v) is 9.83. The molecule has 1 aromatic rings. The molecule has 0 radical (unpaired) electrons. The molecule has 0 bridgehead atoms. The first-order valence-electron chi connectivity index (χ1n) is 5.81. The number of hydrogen-bond acceptors (Lipinski definition) is 3. The zero-order valence-electron chi connectivity index (χ0n) is 9.83. The van der Waals surface area contributed by atoms with E-state index in [0.29, 0.717) is 5.92 Å². The molecule has 92 valence electrons. The predicted molar refractivity (Wildman–Crippen MR) is 62.6 cm³/mol. The minimum absolute atomic E-state index is 0.0237. The molecule has 2 rings (SSSR count). The quantitative estimate of drug-likeness (QED) is 0.800. The zero-order chi connectivity index (χ0) is 12.3. The summed E-state index contributed by atoms with van der Waals surface area (Å²) >= 11 is 0. The maximum atomic E-state index is 13.5. The third kappa shape index (κ3) is 2.64. The summed E-state index contributed by atoms with van der Waals surface area (Å²) in [6.45, 7) is 1.91. The molecule has 4 heteroatoms. The lowest BCUT2D eigenvalue weighted by Gasteiger charge is -2.23. The summed E-state index contributed by atoms with van der Waals surface area (Å²) in [6.07, 6.45) is 2.18. The molecule has 0 saturated carbocycles. The van der Waals surface area contributed by atoms with Crippen molar-refractivity contribution in [2.24, 2.45) is 0 Å². The molecule has 0 aliphatic carbocycles. The Balaban J connectivity index is 2.26. The first-order valence-corrected chi connectivity index (χ1v) is 5.81. The third-order valence-electron chi connectivity index (χ3n) is 3.16. The van der Waals surface area contributed by atoms with Gasteiger partial charge < -0.3 is 10.1 Å². The Morgan fingerprint density at radius 2 is 2.35 bits per heavy atom. The molecule has 1 aliphatic heterocycles. The highest BCUT2D eigenvalue weighted by Crippen LogP contribution is 2.25. The standard InChI is InChI=1S/C13H16FNO2/c1-17-13(16)11-7-9(4-5-12(11)14)10-3-2-6-15-8-10/h4-5,7,10,15H,2-3,6,8H2,1H3. The van der Waals surface area contributed by atoms with Crippen molar-refractivity contribution in [2.45, 2.75) is 18.8 Å². The predicted octanol–water partition coefficient (Wildman–Crippen LogP) is 2.08. The van der Waals surface area contributed by atoms with Gasteiger partial charge in [-0.3, -0.25) is 0 Å². The monoisotopic (exact) mass is 237 g/mol. The van der Waals surface area contributed by atoms with Gasteiger partial charge >= 0.3 is 5.97 Å². The summed E-state index contributed by atoms with van der Waals surface area (Å²) in [5.74, 6) is -0.787. The van der Waals surface area contributed by atoms with Crippen molar-refractivity contribution in [3.8, 4) is 0 Å². The lowest BCUT2D eigenvalue weighted by molar-refractivity contribution is 0.0595. The molecule has 1 heterocycles. The van der Waals surface area contributed by atoms with Gasteiger partial charge in [0.15, 0.2) is 0 Å². The normalized spacial score (nSPS) is 20.0. The highest BCUT2D eigenvalue weighted by atomic mass is 19.1. The Morgan fingerprint density at radius 1 is 1.53 bits per heavy atom. The third-order valence-corrected chi connectivity index (χ3v) is 3.16. The first kappa shape index (κ1) is 12.0. The minimum atomic E-state index is -0.617. The van der Waals surface area contributed by atoms with Gasteiger partial charge in [-0.25, -0.2) is 9.18 Å². The van der Waals surface area contributed by atoms with Crippen LogP contribution in [0.25, 0.3) is 0 Å².